The zero-order valence-corrected chi connectivity index (χ0v) is 29.6. The highest BCUT2D eigenvalue weighted by Crippen LogP contribution is 2.40. The molecule has 10 aromatic rings. The summed E-state index contributed by atoms with van der Waals surface area (Å²) in [5, 5.41) is 5.14. The van der Waals surface area contributed by atoms with Gasteiger partial charge in [-0.25, -0.2) is 9.97 Å². The van der Waals surface area contributed by atoms with Gasteiger partial charge in [0, 0.05) is 36.9 Å². The van der Waals surface area contributed by atoms with Crippen LogP contribution in [-0.2, 0) is 0 Å². The van der Waals surface area contributed by atoms with Gasteiger partial charge in [-0.1, -0.05) is 182 Å². The maximum Gasteiger partial charge on any atom is 0.160 e. The molecular weight excluding hydrogens is 661 g/mol. The van der Waals surface area contributed by atoms with E-state index in [0.29, 0.717) is 5.82 Å². The van der Waals surface area contributed by atoms with Crippen molar-refractivity contribution in [3.05, 3.63) is 194 Å². The average molecular weight is 693 g/mol. The molecule has 0 saturated carbocycles. The molecule has 0 saturated heterocycles. The van der Waals surface area contributed by atoms with Crippen LogP contribution >= 0.6 is 11.3 Å². The van der Waals surface area contributed by atoms with E-state index in [9.17, 15) is 0 Å². The fraction of sp³-hybridized carbons (Fsp3) is 0. The van der Waals surface area contributed by atoms with Crippen LogP contribution in [0.25, 0.3) is 98.2 Å². The molecule has 0 bridgehead atoms. The summed E-state index contributed by atoms with van der Waals surface area (Å²) >= 11 is 1.87. The largest absolute Gasteiger partial charge is 0.228 e. The third-order valence-electron chi connectivity index (χ3n) is 10.2. The number of rotatable bonds is 6. The number of thiophene rings is 1. The van der Waals surface area contributed by atoms with Gasteiger partial charge < -0.3 is 0 Å². The highest BCUT2D eigenvalue weighted by Gasteiger charge is 2.13. The van der Waals surface area contributed by atoms with Gasteiger partial charge in [0.25, 0.3) is 0 Å². The predicted octanol–water partition coefficient (Wildman–Crippen LogP) is 14.0. The first-order valence-corrected chi connectivity index (χ1v) is 18.7. The molecule has 53 heavy (non-hydrogen) atoms. The molecule has 248 valence electrons. The normalized spacial score (nSPS) is 11.4. The van der Waals surface area contributed by atoms with Gasteiger partial charge >= 0.3 is 0 Å². The molecule has 0 unspecified atom stereocenters. The first-order valence-electron chi connectivity index (χ1n) is 17.9. The first-order chi connectivity index (χ1) is 26.2. The Labute approximate surface area is 312 Å². The molecule has 0 fully saturated rings. The van der Waals surface area contributed by atoms with Gasteiger partial charge in [-0.2, -0.15) is 0 Å². The summed E-state index contributed by atoms with van der Waals surface area (Å²) in [6.07, 6.45) is 0. The van der Waals surface area contributed by atoms with Crippen molar-refractivity contribution in [1.82, 2.24) is 9.97 Å². The van der Waals surface area contributed by atoms with Crippen molar-refractivity contribution in [3.63, 3.8) is 0 Å². The zero-order valence-electron chi connectivity index (χ0n) is 28.8. The van der Waals surface area contributed by atoms with Gasteiger partial charge in [0.2, 0.25) is 0 Å². The molecule has 0 aliphatic carbocycles. The highest BCUT2D eigenvalue weighted by molar-refractivity contribution is 7.26. The van der Waals surface area contributed by atoms with Crippen LogP contribution in [0, 0.1) is 0 Å². The molecule has 3 heteroatoms. The van der Waals surface area contributed by atoms with Crippen LogP contribution in [-0.4, -0.2) is 9.97 Å². The number of hydrogen-bond acceptors (Lipinski definition) is 3. The third-order valence-corrected chi connectivity index (χ3v) is 11.4. The topological polar surface area (TPSA) is 25.8 Å². The Morgan fingerprint density at radius 3 is 1.51 bits per heavy atom. The molecule has 0 N–H and O–H groups in total. The first kappa shape index (κ1) is 31.1. The van der Waals surface area contributed by atoms with E-state index in [1.807, 2.05) is 29.5 Å². The Balaban J connectivity index is 0.972. The maximum atomic E-state index is 5.08. The molecule has 2 heterocycles. The number of benzene rings is 8. The Morgan fingerprint density at radius 1 is 0.321 bits per heavy atom. The van der Waals surface area contributed by atoms with E-state index < -0.39 is 0 Å². The molecule has 0 atom stereocenters. The fourth-order valence-corrected chi connectivity index (χ4v) is 8.65. The minimum atomic E-state index is 0.713. The Hall–Kier alpha value is -6.68. The summed E-state index contributed by atoms with van der Waals surface area (Å²) in [6, 6.07) is 69.1. The van der Waals surface area contributed by atoms with Crippen molar-refractivity contribution in [2.24, 2.45) is 0 Å². The summed E-state index contributed by atoms with van der Waals surface area (Å²) in [4.78, 5) is 10.1. The van der Waals surface area contributed by atoms with Crippen LogP contribution in [0.2, 0.25) is 0 Å². The predicted molar refractivity (Wildman–Crippen MR) is 225 cm³/mol. The van der Waals surface area contributed by atoms with E-state index in [2.05, 4.69) is 176 Å². The minimum Gasteiger partial charge on any atom is -0.228 e. The third kappa shape index (κ3) is 5.78. The zero-order chi connectivity index (χ0) is 35.1. The summed E-state index contributed by atoms with van der Waals surface area (Å²) < 4.78 is 2.67. The van der Waals surface area contributed by atoms with Gasteiger partial charge in [0.05, 0.1) is 11.4 Å². The standard InChI is InChI=1S/C50H32N2S/c1-2-11-40(12-3-1)50-51-46(32-47(52-50)39-30-26-36(27-31-39)42-16-8-13-35-10-4-5-14-41(35)42)38-28-22-34(23-29-38)33-20-24-37(25-21-33)43-17-9-18-45-44-15-6-7-19-48(44)53-49(43)45/h1-32H. The van der Waals surface area contributed by atoms with Gasteiger partial charge in [-0.05, 0) is 56.3 Å². The quantitative estimate of drug-likeness (QED) is 0.173. The monoisotopic (exact) mass is 692 g/mol. The van der Waals surface area contributed by atoms with Crippen LogP contribution in [0.1, 0.15) is 0 Å². The molecule has 10 rings (SSSR count). The van der Waals surface area contributed by atoms with Crippen molar-refractivity contribution in [2.45, 2.75) is 0 Å². The summed E-state index contributed by atoms with van der Waals surface area (Å²) in [6.45, 7) is 0. The van der Waals surface area contributed by atoms with Crippen LogP contribution < -0.4 is 0 Å². The van der Waals surface area contributed by atoms with Crippen LogP contribution in [0.4, 0.5) is 0 Å². The van der Waals surface area contributed by atoms with Crippen molar-refractivity contribution in [3.8, 4) is 67.3 Å². The number of aromatic nitrogens is 2. The van der Waals surface area contributed by atoms with Gasteiger partial charge in [-0.3, -0.25) is 0 Å². The molecule has 0 amide bonds. The SMILES string of the molecule is c1ccc(-c2nc(-c3ccc(-c4ccc(-c5cccc6c5sc5ccccc56)cc4)cc3)cc(-c3ccc(-c4cccc5ccccc45)cc3)n2)cc1. The lowest BCUT2D eigenvalue weighted by Gasteiger charge is -2.11. The Bertz CT molecular complexity index is 2900. The average Bonchev–Trinajstić information content (AvgIpc) is 3.63. The molecule has 2 aromatic heterocycles. The summed E-state index contributed by atoms with van der Waals surface area (Å²) in [7, 11) is 0. The Kier molecular flexibility index (Phi) is 7.71. The van der Waals surface area contributed by atoms with E-state index in [0.717, 1.165) is 28.1 Å². The lowest BCUT2D eigenvalue weighted by atomic mass is 9.96. The van der Waals surface area contributed by atoms with Crippen LogP contribution in [0.15, 0.2) is 194 Å². The van der Waals surface area contributed by atoms with E-state index in [4.69, 9.17) is 9.97 Å². The van der Waals surface area contributed by atoms with Gasteiger partial charge in [0.15, 0.2) is 5.82 Å². The van der Waals surface area contributed by atoms with Gasteiger partial charge in [-0.15, -0.1) is 11.3 Å². The van der Waals surface area contributed by atoms with Crippen LogP contribution in [0.5, 0.6) is 0 Å². The van der Waals surface area contributed by atoms with Crippen molar-refractivity contribution >= 4 is 42.3 Å². The maximum absolute atomic E-state index is 5.08. The number of fused-ring (bicyclic) bond motifs is 4. The second-order valence-corrected chi connectivity index (χ2v) is 14.4. The lowest BCUT2D eigenvalue weighted by molar-refractivity contribution is 1.18. The van der Waals surface area contributed by atoms with Crippen molar-refractivity contribution in [1.29, 1.82) is 0 Å². The van der Waals surface area contributed by atoms with E-state index in [1.54, 1.807) is 0 Å². The molecule has 0 aliphatic heterocycles. The number of hydrogen-bond donors (Lipinski definition) is 0. The molecule has 0 spiro atoms. The van der Waals surface area contributed by atoms with E-state index in [1.165, 1.54) is 64.3 Å². The van der Waals surface area contributed by atoms with Crippen molar-refractivity contribution < 1.29 is 0 Å². The second-order valence-electron chi connectivity index (χ2n) is 13.4. The summed E-state index contributed by atoms with van der Waals surface area (Å²) in [5.41, 5.74) is 12.2. The van der Waals surface area contributed by atoms with E-state index >= 15 is 0 Å². The van der Waals surface area contributed by atoms with Crippen molar-refractivity contribution in [2.75, 3.05) is 0 Å². The smallest absolute Gasteiger partial charge is 0.160 e. The second kappa shape index (κ2) is 13.1. The highest BCUT2D eigenvalue weighted by atomic mass is 32.1. The minimum absolute atomic E-state index is 0.713. The van der Waals surface area contributed by atoms with E-state index in [-0.39, 0.29) is 0 Å². The number of nitrogens with zero attached hydrogens (tertiary/aromatic N) is 2. The fourth-order valence-electron chi connectivity index (χ4n) is 7.41. The van der Waals surface area contributed by atoms with Crippen LogP contribution in [0.3, 0.4) is 0 Å². The molecular formula is C50H32N2S. The molecule has 0 radical (unpaired) electrons. The van der Waals surface area contributed by atoms with Gasteiger partial charge in [0.1, 0.15) is 0 Å². The summed E-state index contributed by atoms with van der Waals surface area (Å²) in [5.74, 6) is 0.713. The molecule has 0 aliphatic rings. The lowest BCUT2D eigenvalue weighted by Crippen LogP contribution is -1.96. The molecule has 8 aromatic carbocycles. The molecule has 2 nitrogen and oxygen atoms in total. The Morgan fingerprint density at radius 2 is 0.811 bits per heavy atom.